The van der Waals surface area contributed by atoms with Gasteiger partial charge in [0, 0.05) is 11.6 Å². The van der Waals surface area contributed by atoms with Crippen LogP contribution in [-0.4, -0.2) is 15.5 Å². The summed E-state index contributed by atoms with van der Waals surface area (Å²) in [5.41, 5.74) is -0.323. The number of rotatable bonds is 4. The summed E-state index contributed by atoms with van der Waals surface area (Å²) in [7, 11) is 0. The lowest BCUT2D eigenvalue weighted by atomic mass is 10.1. The van der Waals surface area contributed by atoms with E-state index in [2.05, 4.69) is 10.3 Å². The van der Waals surface area contributed by atoms with E-state index in [4.69, 9.17) is 11.6 Å². The summed E-state index contributed by atoms with van der Waals surface area (Å²) in [5, 5.41) is 2.95. The predicted octanol–water partition coefficient (Wildman–Crippen LogP) is 4.22. The lowest BCUT2D eigenvalue weighted by Gasteiger charge is -2.10. The second-order valence-electron chi connectivity index (χ2n) is 5.84. The molecule has 3 aromatic rings. The molecule has 0 aliphatic rings. The fourth-order valence-corrected chi connectivity index (χ4v) is 2.62. The Kier molecular flexibility index (Phi) is 5.51. The first-order valence-electron chi connectivity index (χ1n) is 8.02. The molecule has 2 aromatic carbocycles. The van der Waals surface area contributed by atoms with Gasteiger partial charge >= 0.3 is 6.18 Å². The molecule has 0 radical (unpaired) electrons. The highest BCUT2D eigenvalue weighted by Gasteiger charge is 2.30. The molecule has 5 nitrogen and oxygen atoms in total. The van der Waals surface area contributed by atoms with Crippen molar-refractivity contribution in [2.45, 2.75) is 12.7 Å². The minimum Gasteiger partial charge on any atom is -0.323 e. The van der Waals surface area contributed by atoms with Gasteiger partial charge < -0.3 is 5.32 Å². The first-order chi connectivity index (χ1) is 13.2. The Bertz CT molecular complexity index is 1060. The second kappa shape index (κ2) is 7.85. The van der Waals surface area contributed by atoms with E-state index in [9.17, 15) is 22.8 Å². The summed E-state index contributed by atoms with van der Waals surface area (Å²) in [6.07, 6.45) is -3.27. The molecule has 1 amide bonds. The Hall–Kier alpha value is -3.13. The third-order valence-corrected chi connectivity index (χ3v) is 4.18. The molecule has 0 aliphatic heterocycles. The molecule has 9 heteroatoms. The Labute approximate surface area is 162 Å². The summed E-state index contributed by atoms with van der Waals surface area (Å²) < 4.78 is 39.0. The summed E-state index contributed by atoms with van der Waals surface area (Å²) in [5.74, 6) is -0.473. The fraction of sp³-hybridized carbons (Fsp3) is 0.105. The van der Waals surface area contributed by atoms with Crippen molar-refractivity contribution in [2.24, 2.45) is 0 Å². The van der Waals surface area contributed by atoms with Crippen LogP contribution < -0.4 is 10.9 Å². The standard InChI is InChI=1S/C19H13ClF3N3O2/c20-14-3-1-2-4-15(14)25-17(27)10-26-11-24-16(9-18(26)28)12-5-7-13(8-6-12)19(21,22)23/h1-9,11H,10H2,(H,25,27). The monoisotopic (exact) mass is 407 g/mol. The fourth-order valence-electron chi connectivity index (χ4n) is 2.44. The van der Waals surface area contributed by atoms with Gasteiger partial charge in [-0.3, -0.25) is 14.2 Å². The Morgan fingerprint density at radius 3 is 2.39 bits per heavy atom. The smallest absolute Gasteiger partial charge is 0.323 e. The van der Waals surface area contributed by atoms with Gasteiger partial charge in [0.15, 0.2) is 0 Å². The highest BCUT2D eigenvalue weighted by atomic mass is 35.5. The van der Waals surface area contributed by atoms with Crippen molar-refractivity contribution in [1.82, 2.24) is 9.55 Å². The van der Waals surface area contributed by atoms with Gasteiger partial charge in [-0.05, 0) is 24.3 Å². The Balaban J connectivity index is 1.74. The SMILES string of the molecule is O=C(Cn1cnc(-c2ccc(C(F)(F)F)cc2)cc1=O)Nc1ccccc1Cl. The zero-order chi connectivity index (χ0) is 20.3. The van der Waals surface area contributed by atoms with Crippen LogP contribution in [0.3, 0.4) is 0 Å². The molecule has 0 bridgehead atoms. The number of alkyl halides is 3. The number of anilines is 1. The quantitative estimate of drug-likeness (QED) is 0.704. The van der Waals surface area contributed by atoms with Gasteiger partial charge in [0.05, 0.1) is 28.3 Å². The van der Waals surface area contributed by atoms with Crippen LogP contribution in [0.2, 0.25) is 5.02 Å². The number of halogens is 4. The van der Waals surface area contributed by atoms with Crippen LogP contribution in [0.4, 0.5) is 18.9 Å². The van der Waals surface area contributed by atoms with E-state index in [-0.39, 0.29) is 12.2 Å². The van der Waals surface area contributed by atoms with E-state index in [1.165, 1.54) is 18.5 Å². The van der Waals surface area contributed by atoms with Crippen LogP contribution in [0.15, 0.2) is 65.7 Å². The van der Waals surface area contributed by atoms with Gasteiger partial charge in [-0.1, -0.05) is 35.9 Å². The minimum atomic E-state index is -4.44. The van der Waals surface area contributed by atoms with Crippen LogP contribution in [0.5, 0.6) is 0 Å². The first-order valence-corrected chi connectivity index (χ1v) is 8.40. The summed E-state index contributed by atoms with van der Waals surface area (Å²) in [6.45, 7) is -0.287. The van der Waals surface area contributed by atoms with Crippen molar-refractivity contribution in [3.05, 3.63) is 81.9 Å². The Morgan fingerprint density at radius 2 is 1.79 bits per heavy atom. The topological polar surface area (TPSA) is 64.0 Å². The maximum absolute atomic E-state index is 12.6. The van der Waals surface area contributed by atoms with Gasteiger partial charge in [0.25, 0.3) is 5.56 Å². The minimum absolute atomic E-state index is 0.210. The second-order valence-corrected chi connectivity index (χ2v) is 6.25. The molecule has 0 unspecified atom stereocenters. The molecule has 3 rings (SSSR count). The third-order valence-electron chi connectivity index (χ3n) is 3.85. The largest absolute Gasteiger partial charge is 0.416 e. The summed E-state index contributed by atoms with van der Waals surface area (Å²) in [6, 6.07) is 12.1. The van der Waals surface area contributed by atoms with E-state index >= 15 is 0 Å². The number of nitrogens with zero attached hydrogens (tertiary/aromatic N) is 2. The zero-order valence-corrected chi connectivity index (χ0v) is 15.0. The number of nitrogens with one attached hydrogen (secondary N) is 1. The molecule has 28 heavy (non-hydrogen) atoms. The summed E-state index contributed by atoms with van der Waals surface area (Å²) >= 11 is 5.96. The lowest BCUT2D eigenvalue weighted by Crippen LogP contribution is -2.27. The Morgan fingerprint density at radius 1 is 1.11 bits per heavy atom. The van der Waals surface area contributed by atoms with Crippen LogP contribution in [-0.2, 0) is 17.5 Å². The van der Waals surface area contributed by atoms with Crippen LogP contribution in [0.25, 0.3) is 11.3 Å². The van der Waals surface area contributed by atoms with Crippen LogP contribution in [0.1, 0.15) is 5.56 Å². The zero-order valence-electron chi connectivity index (χ0n) is 14.2. The summed E-state index contributed by atoms with van der Waals surface area (Å²) in [4.78, 5) is 28.4. The van der Waals surface area contributed by atoms with Gasteiger partial charge in [-0.25, -0.2) is 4.98 Å². The van der Waals surface area contributed by atoms with E-state index in [1.54, 1.807) is 24.3 Å². The highest BCUT2D eigenvalue weighted by molar-refractivity contribution is 6.33. The van der Waals surface area contributed by atoms with Gasteiger partial charge in [0.1, 0.15) is 6.54 Å². The average molecular weight is 408 g/mol. The molecule has 1 heterocycles. The first kappa shape index (κ1) is 19.6. The van der Waals surface area contributed by atoms with E-state index in [0.29, 0.717) is 16.3 Å². The average Bonchev–Trinajstić information content (AvgIpc) is 2.65. The van der Waals surface area contributed by atoms with Crippen LogP contribution in [0, 0.1) is 0 Å². The third kappa shape index (κ3) is 4.58. The number of carbonyl (C=O) groups excluding carboxylic acids is 1. The van der Waals surface area contributed by atoms with Gasteiger partial charge in [-0.15, -0.1) is 0 Å². The van der Waals surface area contributed by atoms with Gasteiger partial charge in [0.2, 0.25) is 5.91 Å². The van der Waals surface area contributed by atoms with Crippen molar-refractivity contribution in [3.63, 3.8) is 0 Å². The van der Waals surface area contributed by atoms with Crippen molar-refractivity contribution in [2.75, 3.05) is 5.32 Å². The number of carbonyl (C=O) groups is 1. The molecule has 1 aromatic heterocycles. The molecular formula is C19H13ClF3N3O2. The molecule has 0 fully saturated rings. The maximum Gasteiger partial charge on any atom is 0.416 e. The van der Waals surface area contributed by atoms with Crippen molar-refractivity contribution in [3.8, 4) is 11.3 Å². The normalized spacial score (nSPS) is 11.3. The number of aromatic nitrogens is 2. The van der Waals surface area contributed by atoms with Crippen molar-refractivity contribution in [1.29, 1.82) is 0 Å². The van der Waals surface area contributed by atoms with E-state index in [1.807, 2.05) is 0 Å². The molecule has 144 valence electrons. The number of para-hydroxylation sites is 1. The van der Waals surface area contributed by atoms with Crippen LogP contribution >= 0.6 is 11.6 Å². The number of hydrogen-bond donors (Lipinski definition) is 1. The number of benzene rings is 2. The lowest BCUT2D eigenvalue weighted by molar-refractivity contribution is -0.137. The predicted molar refractivity (Wildman–Crippen MR) is 99.0 cm³/mol. The molecule has 0 spiro atoms. The number of hydrogen-bond acceptors (Lipinski definition) is 3. The highest BCUT2D eigenvalue weighted by Crippen LogP contribution is 2.30. The van der Waals surface area contributed by atoms with Gasteiger partial charge in [-0.2, -0.15) is 13.2 Å². The molecule has 0 saturated heterocycles. The molecular weight excluding hydrogens is 395 g/mol. The molecule has 0 atom stereocenters. The molecule has 0 saturated carbocycles. The van der Waals surface area contributed by atoms with E-state index in [0.717, 1.165) is 22.8 Å². The molecule has 1 N–H and O–H groups in total. The van der Waals surface area contributed by atoms with Crippen molar-refractivity contribution >= 4 is 23.2 Å². The number of amides is 1. The van der Waals surface area contributed by atoms with Crippen molar-refractivity contribution < 1.29 is 18.0 Å². The molecule has 0 aliphatic carbocycles. The maximum atomic E-state index is 12.6. The van der Waals surface area contributed by atoms with E-state index < -0.39 is 23.2 Å².